The molecule has 2 saturated heterocycles. The van der Waals surface area contributed by atoms with Crippen LogP contribution in [0.2, 0.25) is 0 Å². The molecule has 1 amide bonds. The quantitative estimate of drug-likeness (QED) is 0.672. The van der Waals surface area contributed by atoms with E-state index in [1.165, 1.54) is 4.31 Å². The lowest BCUT2D eigenvalue weighted by atomic mass is 10.1. The average Bonchev–Trinajstić information content (AvgIpc) is 3.24. The summed E-state index contributed by atoms with van der Waals surface area (Å²) in [6.45, 7) is 3.50. The summed E-state index contributed by atoms with van der Waals surface area (Å²) >= 11 is 0. The van der Waals surface area contributed by atoms with E-state index in [9.17, 15) is 13.2 Å². The van der Waals surface area contributed by atoms with Gasteiger partial charge in [-0.1, -0.05) is 0 Å². The molecule has 1 aromatic carbocycles. The Bertz CT molecular complexity index is 741. The molecule has 156 valence electrons. The largest absolute Gasteiger partial charge is 0.497 e. The summed E-state index contributed by atoms with van der Waals surface area (Å²) in [5, 5.41) is 3.15. The molecule has 0 saturated carbocycles. The Kier molecular flexibility index (Phi) is 7.28. The van der Waals surface area contributed by atoms with Gasteiger partial charge in [0, 0.05) is 51.4 Å². The third-order valence-corrected chi connectivity index (χ3v) is 7.01. The van der Waals surface area contributed by atoms with Crippen molar-refractivity contribution >= 4 is 15.9 Å². The lowest BCUT2D eigenvalue weighted by Crippen LogP contribution is -2.49. The fraction of sp³-hybridized carbons (Fsp3) is 0.632. The van der Waals surface area contributed by atoms with Gasteiger partial charge >= 0.3 is 0 Å². The van der Waals surface area contributed by atoms with Gasteiger partial charge in [0.1, 0.15) is 5.75 Å². The number of nitrogens with one attached hydrogen (secondary N) is 1. The molecule has 0 spiro atoms. The van der Waals surface area contributed by atoms with Crippen molar-refractivity contribution in [3.8, 4) is 5.75 Å². The summed E-state index contributed by atoms with van der Waals surface area (Å²) in [7, 11) is -1.83. The molecule has 1 unspecified atom stereocenters. The number of carbonyl (C=O) groups is 1. The summed E-state index contributed by atoms with van der Waals surface area (Å²) in [5.74, 6) is 0.402. The minimum absolute atomic E-state index is 0.0379. The zero-order valence-corrected chi connectivity index (χ0v) is 17.1. The van der Waals surface area contributed by atoms with Crippen LogP contribution in [0.1, 0.15) is 23.2 Å². The molecule has 2 aliphatic heterocycles. The fourth-order valence-corrected chi connectivity index (χ4v) is 4.95. The van der Waals surface area contributed by atoms with Gasteiger partial charge in [0.05, 0.1) is 19.0 Å². The summed E-state index contributed by atoms with van der Waals surface area (Å²) in [6.07, 6.45) is 1.81. The first-order valence-electron chi connectivity index (χ1n) is 9.73. The van der Waals surface area contributed by atoms with Crippen molar-refractivity contribution in [1.82, 2.24) is 14.5 Å². The third-order valence-electron chi connectivity index (χ3n) is 5.16. The second-order valence-corrected chi connectivity index (χ2v) is 9.17. The van der Waals surface area contributed by atoms with Gasteiger partial charge in [-0.25, -0.2) is 8.42 Å². The highest BCUT2D eigenvalue weighted by atomic mass is 32.2. The van der Waals surface area contributed by atoms with Gasteiger partial charge in [0.25, 0.3) is 5.91 Å². The molecule has 8 nitrogen and oxygen atoms in total. The molecule has 1 aromatic rings. The maximum absolute atomic E-state index is 13.0. The lowest BCUT2D eigenvalue weighted by molar-refractivity contribution is 0.0540. The number of sulfonamides is 1. The molecular formula is C19H29N3O5S. The molecule has 0 radical (unpaired) electrons. The summed E-state index contributed by atoms with van der Waals surface area (Å²) < 4.78 is 37.7. The number of benzene rings is 1. The molecule has 0 bridgehead atoms. The van der Waals surface area contributed by atoms with Crippen LogP contribution < -0.4 is 10.1 Å². The molecule has 28 heavy (non-hydrogen) atoms. The van der Waals surface area contributed by atoms with Crippen molar-refractivity contribution in [1.29, 1.82) is 0 Å². The topological polar surface area (TPSA) is 88.2 Å². The van der Waals surface area contributed by atoms with Gasteiger partial charge < -0.3 is 19.7 Å². The van der Waals surface area contributed by atoms with Gasteiger partial charge in [0.15, 0.2) is 0 Å². The monoisotopic (exact) mass is 411 g/mol. The first kappa shape index (κ1) is 21.0. The minimum Gasteiger partial charge on any atom is -0.497 e. The molecule has 1 N–H and O–H groups in total. The Morgan fingerprint density at radius 3 is 2.61 bits per heavy atom. The number of nitrogens with zero attached hydrogens (tertiary/aromatic N) is 2. The number of ether oxygens (including phenoxy) is 2. The molecule has 2 aliphatic rings. The van der Waals surface area contributed by atoms with Crippen molar-refractivity contribution in [2.45, 2.75) is 18.9 Å². The Morgan fingerprint density at radius 1 is 1.29 bits per heavy atom. The van der Waals surface area contributed by atoms with Crippen LogP contribution in [0.3, 0.4) is 0 Å². The third kappa shape index (κ3) is 5.44. The number of hydrogen-bond donors (Lipinski definition) is 1. The van der Waals surface area contributed by atoms with E-state index in [-0.39, 0.29) is 24.3 Å². The molecule has 3 rings (SSSR count). The smallest absolute Gasteiger partial charge is 0.253 e. The number of rotatable bonds is 8. The summed E-state index contributed by atoms with van der Waals surface area (Å²) in [4.78, 5) is 14.6. The van der Waals surface area contributed by atoms with E-state index in [2.05, 4.69) is 5.32 Å². The molecule has 1 atom stereocenters. The van der Waals surface area contributed by atoms with E-state index in [1.807, 2.05) is 0 Å². The van der Waals surface area contributed by atoms with E-state index in [1.54, 1.807) is 36.3 Å². The molecular weight excluding hydrogens is 382 g/mol. The zero-order valence-electron chi connectivity index (χ0n) is 16.3. The maximum Gasteiger partial charge on any atom is 0.253 e. The Labute approximate surface area is 166 Å². The van der Waals surface area contributed by atoms with Gasteiger partial charge in [0.2, 0.25) is 10.0 Å². The summed E-state index contributed by atoms with van der Waals surface area (Å²) in [6, 6.07) is 6.87. The average molecular weight is 412 g/mol. The van der Waals surface area contributed by atoms with Crippen molar-refractivity contribution in [3.63, 3.8) is 0 Å². The number of methoxy groups -OCH3 is 1. The molecule has 0 aliphatic carbocycles. The van der Waals surface area contributed by atoms with Crippen LogP contribution >= 0.6 is 0 Å². The number of amides is 1. The fourth-order valence-electron chi connectivity index (χ4n) is 3.50. The zero-order chi connectivity index (χ0) is 20.0. The van der Waals surface area contributed by atoms with Crippen LogP contribution in [-0.4, -0.2) is 88.4 Å². The number of hydrogen-bond acceptors (Lipinski definition) is 6. The van der Waals surface area contributed by atoms with Crippen molar-refractivity contribution in [2.75, 3.05) is 58.7 Å². The molecule has 2 heterocycles. The van der Waals surface area contributed by atoms with Crippen LogP contribution in [0.25, 0.3) is 0 Å². The van der Waals surface area contributed by atoms with Crippen LogP contribution in [0.15, 0.2) is 24.3 Å². The van der Waals surface area contributed by atoms with Gasteiger partial charge in [-0.3, -0.25) is 4.79 Å². The standard InChI is InChI=1S/C19H29N3O5S/c1-26-17-6-4-16(5-7-17)19(23)21(15-18-3-2-13-27-18)12-14-28(24,25)22-10-8-20-9-11-22/h4-7,18,20H,2-3,8-15H2,1H3. The van der Waals surface area contributed by atoms with E-state index in [4.69, 9.17) is 9.47 Å². The Morgan fingerprint density at radius 2 is 2.00 bits per heavy atom. The normalized spacial score (nSPS) is 20.8. The van der Waals surface area contributed by atoms with Gasteiger partial charge in [-0.05, 0) is 37.1 Å². The summed E-state index contributed by atoms with van der Waals surface area (Å²) in [5.41, 5.74) is 0.512. The van der Waals surface area contributed by atoms with E-state index in [0.717, 1.165) is 12.8 Å². The highest BCUT2D eigenvalue weighted by Gasteiger charge is 2.28. The molecule has 2 fully saturated rings. The predicted molar refractivity (Wildman–Crippen MR) is 106 cm³/mol. The highest BCUT2D eigenvalue weighted by molar-refractivity contribution is 7.89. The van der Waals surface area contributed by atoms with Crippen LogP contribution in [0.5, 0.6) is 5.75 Å². The lowest BCUT2D eigenvalue weighted by Gasteiger charge is -2.29. The second kappa shape index (κ2) is 9.69. The first-order valence-corrected chi connectivity index (χ1v) is 11.3. The van der Waals surface area contributed by atoms with Gasteiger partial charge in [-0.2, -0.15) is 4.31 Å². The SMILES string of the molecule is COc1ccc(C(=O)N(CCS(=O)(=O)N2CCNCC2)CC2CCCO2)cc1. The van der Waals surface area contributed by atoms with Crippen molar-refractivity contribution in [2.24, 2.45) is 0 Å². The number of piperazine rings is 1. The van der Waals surface area contributed by atoms with E-state index >= 15 is 0 Å². The van der Waals surface area contributed by atoms with Crippen molar-refractivity contribution in [3.05, 3.63) is 29.8 Å². The van der Waals surface area contributed by atoms with Gasteiger partial charge in [-0.15, -0.1) is 0 Å². The predicted octanol–water partition coefficient (Wildman–Crippen LogP) is 0.551. The molecule has 9 heteroatoms. The Balaban J connectivity index is 1.69. The maximum atomic E-state index is 13.0. The minimum atomic E-state index is -3.40. The van der Waals surface area contributed by atoms with Crippen LogP contribution in [0, 0.1) is 0 Å². The second-order valence-electron chi connectivity index (χ2n) is 7.08. The van der Waals surface area contributed by atoms with Crippen LogP contribution in [-0.2, 0) is 14.8 Å². The van der Waals surface area contributed by atoms with E-state index < -0.39 is 10.0 Å². The molecule has 0 aromatic heterocycles. The number of carbonyl (C=O) groups excluding carboxylic acids is 1. The Hall–Kier alpha value is -1.68. The van der Waals surface area contributed by atoms with E-state index in [0.29, 0.717) is 50.6 Å². The van der Waals surface area contributed by atoms with Crippen molar-refractivity contribution < 1.29 is 22.7 Å². The van der Waals surface area contributed by atoms with Crippen LogP contribution in [0.4, 0.5) is 0 Å². The first-order chi connectivity index (χ1) is 13.5. The highest BCUT2D eigenvalue weighted by Crippen LogP contribution is 2.17.